The molecular formula is C20H17N3O. The molecule has 0 saturated heterocycles. The van der Waals surface area contributed by atoms with Crippen molar-refractivity contribution in [2.24, 2.45) is 0 Å². The van der Waals surface area contributed by atoms with Crippen molar-refractivity contribution < 1.29 is 4.74 Å². The van der Waals surface area contributed by atoms with Gasteiger partial charge in [-0.3, -0.25) is 4.57 Å². The molecule has 0 saturated carbocycles. The van der Waals surface area contributed by atoms with Crippen LogP contribution in [0.5, 0.6) is 5.75 Å². The third kappa shape index (κ3) is 2.15. The third-order valence-electron chi connectivity index (χ3n) is 4.22. The summed E-state index contributed by atoms with van der Waals surface area (Å²) in [4.78, 5) is 8.94. The number of methoxy groups -OCH3 is 1. The Morgan fingerprint density at radius 1 is 0.875 bits per heavy atom. The largest absolute Gasteiger partial charge is 0.495 e. The number of rotatable bonds is 3. The molecule has 24 heavy (non-hydrogen) atoms. The summed E-state index contributed by atoms with van der Waals surface area (Å²) in [6.45, 7) is 2.13. The van der Waals surface area contributed by atoms with Crippen molar-refractivity contribution in [2.45, 2.75) is 6.92 Å². The van der Waals surface area contributed by atoms with Gasteiger partial charge in [0.2, 0.25) is 5.95 Å². The number of hydrogen-bond acceptors (Lipinski definition) is 3. The van der Waals surface area contributed by atoms with Crippen LogP contribution in [0, 0.1) is 6.92 Å². The van der Waals surface area contributed by atoms with E-state index in [2.05, 4.69) is 39.7 Å². The molecule has 0 fully saturated rings. The number of fused-ring (bicyclic) bond motifs is 1. The molecule has 0 unspecified atom stereocenters. The molecule has 0 atom stereocenters. The van der Waals surface area contributed by atoms with Crippen LogP contribution in [-0.4, -0.2) is 21.6 Å². The lowest BCUT2D eigenvalue weighted by atomic mass is 10.1. The molecule has 4 nitrogen and oxygen atoms in total. The average Bonchev–Trinajstić information content (AvgIpc) is 2.96. The fourth-order valence-corrected chi connectivity index (χ4v) is 3.18. The minimum absolute atomic E-state index is 0.638. The first-order chi connectivity index (χ1) is 11.8. The summed E-state index contributed by atoms with van der Waals surface area (Å²) in [5.74, 6) is 1.45. The van der Waals surface area contributed by atoms with Gasteiger partial charge in [-0.1, -0.05) is 42.5 Å². The number of nitrogens with zero attached hydrogens (tertiary/aromatic N) is 3. The summed E-state index contributed by atoms with van der Waals surface area (Å²) >= 11 is 0. The first-order valence-electron chi connectivity index (χ1n) is 7.82. The highest BCUT2D eigenvalue weighted by Crippen LogP contribution is 2.38. The van der Waals surface area contributed by atoms with Gasteiger partial charge in [0.05, 0.1) is 18.3 Å². The average molecular weight is 315 g/mol. The zero-order chi connectivity index (χ0) is 16.5. The van der Waals surface area contributed by atoms with Crippen molar-refractivity contribution in [3.63, 3.8) is 0 Å². The van der Waals surface area contributed by atoms with Crippen molar-refractivity contribution in [3.05, 3.63) is 72.6 Å². The molecule has 4 aromatic rings. The van der Waals surface area contributed by atoms with E-state index in [1.807, 2.05) is 36.4 Å². The van der Waals surface area contributed by atoms with Crippen LogP contribution in [0.2, 0.25) is 0 Å². The molecule has 0 spiro atoms. The first kappa shape index (κ1) is 14.5. The molecular weight excluding hydrogens is 298 g/mol. The van der Waals surface area contributed by atoms with Crippen molar-refractivity contribution in [2.75, 3.05) is 7.11 Å². The predicted molar refractivity (Wildman–Crippen MR) is 95.6 cm³/mol. The van der Waals surface area contributed by atoms with E-state index >= 15 is 0 Å². The van der Waals surface area contributed by atoms with E-state index in [-0.39, 0.29) is 0 Å². The van der Waals surface area contributed by atoms with Crippen molar-refractivity contribution in [1.29, 1.82) is 0 Å². The molecule has 2 aromatic heterocycles. The van der Waals surface area contributed by atoms with Gasteiger partial charge in [0.1, 0.15) is 5.75 Å². The van der Waals surface area contributed by atoms with E-state index in [1.165, 1.54) is 5.56 Å². The van der Waals surface area contributed by atoms with E-state index in [9.17, 15) is 0 Å². The van der Waals surface area contributed by atoms with Gasteiger partial charge in [-0.25, -0.2) is 9.97 Å². The number of ether oxygens (including phenoxy) is 1. The lowest BCUT2D eigenvalue weighted by Crippen LogP contribution is -2.03. The predicted octanol–water partition coefficient (Wildman–Crippen LogP) is 4.40. The zero-order valence-corrected chi connectivity index (χ0v) is 13.6. The van der Waals surface area contributed by atoms with Crippen LogP contribution >= 0.6 is 0 Å². The molecule has 4 heteroatoms. The molecule has 4 rings (SSSR count). The van der Waals surface area contributed by atoms with Gasteiger partial charge < -0.3 is 4.74 Å². The number of aryl methyl sites for hydroxylation is 1. The lowest BCUT2D eigenvalue weighted by Gasteiger charge is -2.11. The Hall–Kier alpha value is -3.14. The van der Waals surface area contributed by atoms with Crippen molar-refractivity contribution >= 4 is 10.9 Å². The van der Waals surface area contributed by atoms with Gasteiger partial charge in [-0.05, 0) is 30.2 Å². The van der Waals surface area contributed by atoms with E-state index < -0.39 is 0 Å². The second kappa shape index (κ2) is 5.81. The molecule has 0 amide bonds. The topological polar surface area (TPSA) is 39.9 Å². The molecule has 0 bridgehead atoms. The number of aromatic nitrogens is 3. The smallest absolute Gasteiger partial charge is 0.234 e. The molecule has 2 aromatic carbocycles. The highest BCUT2D eigenvalue weighted by atomic mass is 16.5. The Morgan fingerprint density at radius 2 is 1.62 bits per heavy atom. The van der Waals surface area contributed by atoms with Crippen LogP contribution in [0.4, 0.5) is 0 Å². The third-order valence-corrected chi connectivity index (χ3v) is 4.22. The second-order valence-corrected chi connectivity index (χ2v) is 5.58. The Bertz CT molecular complexity index is 992. The fourth-order valence-electron chi connectivity index (χ4n) is 3.18. The zero-order valence-electron chi connectivity index (χ0n) is 13.6. The monoisotopic (exact) mass is 315 g/mol. The first-order valence-corrected chi connectivity index (χ1v) is 7.82. The van der Waals surface area contributed by atoms with E-state index in [4.69, 9.17) is 4.74 Å². The van der Waals surface area contributed by atoms with Crippen LogP contribution in [-0.2, 0) is 0 Å². The summed E-state index contributed by atoms with van der Waals surface area (Å²) in [6.07, 6.45) is 3.52. The van der Waals surface area contributed by atoms with Crippen LogP contribution in [0.25, 0.3) is 28.1 Å². The Labute approximate surface area is 140 Å². The van der Waals surface area contributed by atoms with Crippen molar-refractivity contribution in [3.8, 4) is 23.0 Å². The maximum atomic E-state index is 5.62. The van der Waals surface area contributed by atoms with Crippen LogP contribution < -0.4 is 4.74 Å². The van der Waals surface area contributed by atoms with Gasteiger partial charge in [0.25, 0.3) is 0 Å². The van der Waals surface area contributed by atoms with Gasteiger partial charge in [0.15, 0.2) is 0 Å². The van der Waals surface area contributed by atoms with Crippen LogP contribution in [0.3, 0.4) is 0 Å². The van der Waals surface area contributed by atoms with Gasteiger partial charge in [-0.2, -0.15) is 0 Å². The van der Waals surface area contributed by atoms with Gasteiger partial charge in [-0.15, -0.1) is 0 Å². The Balaban J connectivity index is 2.17. The highest BCUT2D eigenvalue weighted by Gasteiger charge is 2.20. The summed E-state index contributed by atoms with van der Waals surface area (Å²) < 4.78 is 7.70. The van der Waals surface area contributed by atoms with Crippen molar-refractivity contribution in [1.82, 2.24) is 14.5 Å². The quantitative estimate of drug-likeness (QED) is 0.562. The molecule has 0 aliphatic carbocycles. The summed E-state index contributed by atoms with van der Waals surface area (Å²) in [5.41, 5.74) is 4.38. The molecule has 0 N–H and O–H groups in total. The molecule has 0 aliphatic heterocycles. The number of hydrogen-bond donors (Lipinski definition) is 0. The summed E-state index contributed by atoms with van der Waals surface area (Å²) in [6, 6.07) is 18.2. The van der Waals surface area contributed by atoms with E-state index in [0.29, 0.717) is 5.95 Å². The summed E-state index contributed by atoms with van der Waals surface area (Å²) in [7, 11) is 1.69. The highest BCUT2D eigenvalue weighted by molar-refractivity contribution is 5.96. The molecule has 2 heterocycles. The molecule has 118 valence electrons. The maximum Gasteiger partial charge on any atom is 0.234 e. The molecule has 0 radical (unpaired) electrons. The summed E-state index contributed by atoms with van der Waals surface area (Å²) in [5, 5.41) is 1.14. The Morgan fingerprint density at radius 3 is 2.33 bits per heavy atom. The Kier molecular flexibility index (Phi) is 3.50. The molecule has 0 aliphatic rings. The van der Waals surface area contributed by atoms with Crippen LogP contribution in [0.15, 0.2) is 67.0 Å². The van der Waals surface area contributed by atoms with Gasteiger partial charge >= 0.3 is 0 Å². The second-order valence-electron chi connectivity index (χ2n) is 5.58. The van der Waals surface area contributed by atoms with E-state index in [0.717, 1.165) is 27.9 Å². The number of benzene rings is 2. The van der Waals surface area contributed by atoms with Crippen LogP contribution in [0.1, 0.15) is 5.56 Å². The minimum Gasteiger partial charge on any atom is -0.495 e. The SMILES string of the molecule is COc1cccc2c(C)c(-c3ccccc3)n(-c3ncccn3)c12. The van der Waals surface area contributed by atoms with Gasteiger partial charge in [0, 0.05) is 17.8 Å². The maximum absolute atomic E-state index is 5.62. The van der Waals surface area contributed by atoms with E-state index in [1.54, 1.807) is 19.5 Å². The number of para-hydroxylation sites is 1. The standard InChI is InChI=1S/C20H17N3O/c1-14-16-10-6-11-17(24-2)19(16)23(20-21-12-7-13-22-20)18(14)15-8-4-3-5-9-15/h3-13H,1-2H3. The lowest BCUT2D eigenvalue weighted by molar-refractivity contribution is 0.418. The normalized spacial score (nSPS) is 10.9. The minimum atomic E-state index is 0.638. The fraction of sp³-hybridized carbons (Fsp3) is 0.100.